The van der Waals surface area contributed by atoms with Crippen LogP contribution in [0.4, 0.5) is 0 Å². The van der Waals surface area contributed by atoms with E-state index in [1.54, 1.807) is 0 Å². The summed E-state index contributed by atoms with van der Waals surface area (Å²) in [6, 6.07) is 4.19. The van der Waals surface area contributed by atoms with Crippen LogP contribution in [0.1, 0.15) is 75.3 Å². The van der Waals surface area contributed by atoms with Gasteiger partial charge in [0.05, 0.1) is 47.9 Å². The van der Waals surface area contributed by atoms with Crippen LogP contribution in [0.5, 0.6) is 17.2 Å². The topological polar surface area (TPSA) is 220 Å². The predicted molar refractivity (Wildman–Crippen MR) is 189 cm³/mol. The molecular formula is C37H41N3O14S. The van der Waals surface area contributed by atoms with Crippen LogP contribution in [-0.4, -0.2) is 143 Å². The number of rotatable bonds is 8. The molecule has 4 fully saturated rings. The number of carbonyl (C=O) groups excluding carboxylic acids is 5. The first-order valence-corrected chi connectivity index (χ1v) is 18.6. The minimum absolute atomic E-state index is 0.0624. The summed E-state index contributed by atoms with van der Waals surface area (Å²) in [4.78, 5) is 69.6. The summed E-state index contributed by atoms with van der Waals surface area (Å²) < 4.78 is 35.7. The number of nitrogens with one attached hydrogen (secondary N) is 1. The summed E-state index contributed by atoms with van der Waals surface area (Å²) in [6.45, 7) is 2.38. The molecule has 8 rings (SSSR count). The van der Waals surface area contributed by atoms with Gasteiger partial charge in [-0.2, -0.15) is 12.6 Å². The van der Waals surface area contributed by atoms with Crippen LogP contribution >= 0.6 is 12.6 Å². The van der Waals surface area contributed by atoms with E-state index in [1.165, 1.54) is 32.4 Å². The molecule has 2 unspecified atom stereocenters. The molecule has 17 nitrogen and oxygen atoms in total. The molecule has 0 spiro atoms. The zero-order chi connectivity index (χ0) is 39.1. The van der Waals surface area contributed by atoms with E-state index in [-0.39, 0.29) is 66.1 Å². The molecule has 0 saturated carbocycles. The number of carbonyl (C=O) groups is 5. The number of amides is 3. The van der Waals surface area contributed by atoms with Gasteiger partial charge in [-0.25, -0.2) is 0 Å². The Balaban J connectivity index is 1.14. The number of hydrogen-bond acceptors (Lipinski definition) is 16. The summed E-state index contributed by atoms with van der Waals surface area (Å²) in [5.74, 6) is -4.68. The van der Waals surface area contributed by atoms with Gasteiger partial charge < -0.3 is 49.1 Å². The summed E-state index contributed by atoms with van der Waals surface area (Å²) in [7, 11) is 2.86. The molecular weight excluding hydrogens is 742 g/mol. The maximum Gasteiger partial charge on any atom is 0.252 e. The average Bonchev–Trinajstić information content (AvgIpc) is 3.66. The molecule has 2 aromatic rings. The van der Waals surface area contributed by atoms with Crippen LogP contribution in [0, 0.1) is 0 Å². The molecule has 0 aromatic heterocycles. The Kier molecular flexibility index (Phi) is 9.69. The summed E-state index contributed by atoms with van der Waals surface area (Å²) in [5, 5.41) is 37.7. The second-order valence-corrected chi connectivity index (χ2v) is 15.2. The molecule has 4 heterocycles. The predicted octanol–water partition coefficient (Wildman–Crippen LogP) is 0.323. The molecule has 4 aliphatic heterocycles. The van der Waals surface area contributed by atoms with E-state index >= 15 is 0 Å². The fraction of sp³-hybridized carbons (Fsp3) is 0.541. The van der Waals surface area contributed by atoms with Crippen LogP contribution in [-0.2, 0) is 44.5 Å². The number of morpholine rings is 1. The zero-order valence-corrected chi connectivity index (χ0v) is 31.1. The number of fused-ring (bicyclic) bond motifs is 6. The molecule has 3 amide bonds. The fourth-order valence-corrected chi connectivity index (χ4v) is 9.14. The van der Waals surface area contributed by atoms with Gasteiger partial charge in [0.25, 0.3) is 5.91 Å². The second kappa shape index (κ2) is 14.1. The molecule has 9 atom stereocenters. The number of nitrogens with zero attached hydrogens (tertiary/aromatic N) is 2. The van der Waals surface area contributed by atoms with Crippen molar-refractivity contribution >= 4 is 41.9 Å². The van der Waals surface area contributed by atoms with E-state index < -0.39 is 107 Å². The number of hydrogen-bond donors (Lipinski definition) is 5. The summed E-state index contributed by atoms with van der Waals surface area (Å²) >= 11 is 4.12. The highest BCUT2D eigenvalue weighted by Crippen LogP contribution is 2.53. The zero-order valence-electron chi connectivity index (χ0n) is 30.2. The van der Waals surface area contributed by atoms with Gasteiger partial charge in [0.2, 0.25) is 17.6 Å². The molecule has 2 aromatic carbocycles. The number of ketones is 2. The lowest BCUT2D eigenvalue weighted by atomic mass is 9.72. The maximum absolute atomic E-state index is 14.1. The standard InChI is InChI=1S/C37H41N3O14S/c1-15-32-18(39-9-10-51-35(50-3)34(39)54-32)11-23(52-15)53-20-14-37(48,36(47)38-7-8-40-22(41)12-21(55)33(40)46)13-17-25(20)31(45)27-26(29(17)43)28(42)16-5-4-6-19(49-2)24(16)30(27)44/h4-6,15,18,20-21,23,32,34-35,43,45,48,55H,7-14H2,1-3H3,(H,38,47)/t15?,18-,20-,21?,23-,32+,34+,35-,37-/m0/s1. The first kappa shape index (κ1) is 37.8. The Hall–Kier alpha value is -4.14. The number of likely N-dealkylation sites (tertiary alicyclic amines) is 1. The Morgan fingerprint density at radius 3 is 2.55 bits per heavy atom. The highest BCUT2D eigenvalue weighted by atomic mass is 32.1. The van der Waals surface area contributed by atoms with Crippen molar-refractivity contribution in [2.24, 2.45) is 0 Å². The van der Waals surface area contributed by atoms with Gasteiger partial charge in [-0.3, -0.25) is 33.8 Å². The first-order chi connectivity index (χ1) is 26.3. The number of phenolic OH excluding ortho intramolecular Hbond substituents is 2. The highest BCUT2D eigenvalue weighted by Gasteiger charge is 2.55. The number of methoxy groups -OCH3 is 2. The molecule has 0 radical (unpaired) electrons. The Morgan fingerprint density at radius 1 is 1.07 bits per heavy atom. The van der Waals surface area contributed by atoms with Gasteiger partial charge in [0.1, 0.15) is 29.0 Å². The Bertz CT molecular complexity index is 1990. The minimum Gasteiger partial charge on any atom is -0.507 e. The highest BCUT2D eigenvalue weighted by molar-refractivity contribution is 7.81. The van der Waals surface area contributed by atoms with Crippen LogP contribution in [0.15, 0.2) is 18.2 Å². The van der Waals surface area contributed by atoms with Gasteiger partial charge >= 0.3 is 0 Å². The largest absolute Gasteiger partial charge is 0.507 e. The van der Waals surface area contributed by atoms with Crippen molar-refractivity contribution in [3.8, 4) is 17.2 Å². The van der Waals surface area contributed by atoms with Gasteiger partial charge in [-0.15, -0.1) is 0 Å². The van der Waals surface area contributed by atoms with E-state index in [1.807, 2.05) is 6.92 Å². The number of benzene rings is 2. The number of aliphatic hydroxyl groups is 1. The summed E-state index contributed by atoms with van der Waals surface area (Å²) in [5.41, 5.74) is -3.69. The molecule has 4 saturated heterocycles. The van der Waals surface area contributed by atoms with E-state index in [0.717, 1.165) is 4.90 Å². The number of phenols is 2. The minimum atomic E-state index is -2.32. The lowest BCUT2D eigenvalue weighted by Crippen LogP contribution is -2.55. The van der Waals surface area contributed by atoms with Crippen LogP contribution < -0.4 is 10.1 Å². The third-order valence-electron chi connectivity index (χ3n) is 11.4. The van der Waals surface area contributed by atoms with Crippen molar-refractivity contribution in [1.82, 2.24) is 15.1 Å². The lowest BCUT2D eigenvalue weighted by molar-refractivity contribution is -0.256. The van der Waals surface area contributed by atoms with Crippen molar-refractivity contribution in [2.75, 3.05) is 40.5 Å². The first-order valence-electron chi connectivity index (χ1n) is 18.0. The van der Waals surface area contributed by atoms with Crippen LogP contribution in [0.25, 0.3) is 0 Å². The average molecular weight is 784 g/mol. The lowest BCUT2D eigenvalue weighted by Gasteiger charge is -2.43. The number of imide groups is 1. The van der Waals surface area contributed by atoms with Crippen molar-refractivity contribution in [3.05, 3.63) is 51.6 Å². The van der Waals surface area contributed by atoms with Gasteiger partial charge in [0, 0.05) is 75.2 Å². The smallest absolute Gasteiger partial charge is 0.252 e. The third kappa shape index (κ3) is 6.01. The van der Waals surface area contributed by atoms with Crippen LogP contribution in [0.2, 0.25) is 0 Å². The molecule has 6 aliphatic rings. The maximum atomic E-state index is 14.1. The van der Waals surface area contributed by atoms with Gasteiger partial charge in [0.15, 0.2) is 24.6 Å². The quantitative estimate of drug-likeness (QED) is 0.118. The molecule has 4 N–H and O–H groups in total. The SMILES string of the molecule is COc1cccc2c1C(=O)c1c(O)c3c(c(O)c1C2=O)C[C@@](O)(C(=O)NCCN1C(=O)CC(S)C1=O)C[C@@H]3O[C@H]1C[C@H]2[C@H](O[C@@H]3[C@@H](OC)OCCN32)C(C)O1. The number of thiol groups is 1. The van der Waals surface area contributed by atoms with E-state index in [2.05, 4.69) is 22.8 Å². The van der Waals surface area contributed by atoms with Gasteiger partial charge in [-0.05, 0) is 13.0 Å². The molecule has 0 bridgehead atoms. The van der Waals surface area contributed by atoms with Crippen molar-refractivity contribution < 1.29 is 67.7 Å². The van der Waals surface area contributed by atoms with Crippen molar-refractivity contribution in [3.63, 3.8) is 0 Å². The van der Waals surface area contributed by atoms with E-state index in [0.29, 0.717) is 13.2 Å². The second-order valence-electron chi connectivity index (χ2n) is 14.6. The van der Waals surface area contributed by atoms with Gasteiger partial charge in [-0.1, -0.05) is 12.1 Å². The monoisotopic (exact) mass is 783 g/mol. The Morgan fingerprint density at radius 2 is 1.84 bits per heavy atom. The van der Waals surface area contributed by atoms with E-state index in [4.69, 9.17) is 28.4 Å². The molecule has 18 heteroatoms. The molecule has 294 valence electrons. The number of ether oxygens (including phenoxy) is 6. The third-order valence-corrected chi connectivity index (χ3v) is 11.8. The summed E-state index contributed by atoms with van der Waals surface area (Å²) in [6.07, 6.45) is -5.27. The van der Waals surface area contributed by atoms with Crippen molar-refractivity contribution in [1.29, 1.82) is 0 Å². The molecule has 2 aliphatic carbocycles. The molecule has 55 heavy (non-hydrogen) atoms. The van der Waals surface area contributed by atoms with Crippen molar-refractivity contribution in [2.45, 2.75) is 86.6 Å². The Labute approximate surface area is 320 Å². The van der Waals surface area contributed by atoms with Crippen LogP contribution in [0.3, 0.4) is 0 Å². The number of aromatic hydroxyl groups is 2. The normalized spacial score (nSPS) is 32.8. The fourth-order valence-electron chi connectivity index (χ4n) is 8.85. The van der Waals surface area contributed by atoms with E-state index in [9.17, 15) is 39.3 Å².